The molecule has 188 valence electrons. The van der Waals surface area contributed by atoms with Gasteiger partial charge in [0.2, 0.25) is 5.91 Å². The highest BCUT2D eigenvalue weighted by atomic mass is 19.1. The Bertz CT molecular complexity index is 1020. The lowest BCUT2D eigenvalue weighted by Gasteiger charge is -2.45. The van der Waals surface area contributed by atoms with Crippen LogP contribution in [0.1, 0.15) is 43.2 Å². The van der Waals surface area contributed by atoms with Gasteiger partial charge in [0, 0.05) is 68.5 Å². The molecule has 2 aromatic rings. The van der Waals surface area contributed by atoms with Crippen LogP contribution >= 0.6 is 0 Å². The number of fused-ring (bicyclic) bond motifs is 1. The number of nitrogens with zero attached hydrogens (tertiary/aromatic N) is 2. The number of halogens is 1. The Balaban J connectivity index is 1.35. The van der Waals surface area contributed by atoms with Crippen molar-refractivity contribution in [3.63, 3.8) is 0 Å². The van der Waals surface area contributed by atoms with E-state index < -0.39 is 0 Å². The minimum atomic E-state index is -0.236. The van der Waals surface area contributed by atoms with E-state index in [4.69, 9.17) is 9.47 Å². The van der Waals surface area contributed by atoms with Gasteiger partial charge in [-0.3, -0.25) is 14.1 Å². The Morgan fingerprint density at radius 3 is 2.71 bits per heavy atom. The lowest BCUT2D eigenvalue weighted by atomic mass is 9.73. The summed E-state index contributed by atoms with van der Waals surface area (Å²) < 4.78 is 24.7. The molecule has 2 fully saturated rings. The lowest BCUT2D eigenvalue weighted by molar-refractivity contribution is -0.134. The monoisotopic (exact) mass is 482 g/mol. The number of benzene rings is 2. The maximum Gasteiger partial charge on any atom is 0.219 e. The minimum absolute atomic E-state index is 0.0528. The normalized spacial score (nSPS) is 24.9. The molecule has 6 nitrogen and oxygen atoms in total. The van der Waals surface area contributed by atoms with E-state index >= 15 is 0 Å². The molecular weight excluding hydrogens is 447 g/mol. The van der Waals surface area contributed by atoms with Crippen LogP contribution in [0.15, 0.2) is 42.5 Å². The fourth-order valence-corrected chi connectivity index (χ4v) is 5.99. The number of likely N-dealkylation sites (tertiary alicyclic amines) is 2. The van der Waals surface area contributed by atoms with Gasteiger partial charge in [-0.2, -0.15) is 0 Å². The van der Waals surface area contributed by atoms with Gasteiger partial charge < -0.3 is 19.5 Å². The van der Waals surface area contributed by atoms with Gasteiger partial charge in [-0.15, -0.1) is 0 Å². The number of alkyl halides is 1. The number of carbonyl (C=O) groups excluding carboxylic acids is 1. The highest BCUT2D eigenvalue weighted by Crippen LogP contribution is 2.46. The molecule has 2 saturated heterocycles. The maximum absolute atomic E-state index is 12.6. The van der Waals surface area contributed by atoms with Crippen LogP contribution in [0.3, 0.4) is 0 Å². The third kappa shape index (κ3) is 5.10. The number of ether oxygens (including phenoxy) is 2. The number of rotatable bonds is 7. The summed E-state index contributed by atoms with van der Waals surface area (Å²) in [5, 5.41) is 10.0. The number of amides is 1. The number of hydrogen-bond acceptors (Lipinski definition) is 5. The number of piperidine rings is 1. The van der Waals surface area contributed by atoms with Crippen molar-refractivity contribution in [1.29, 1.82) is 0 Å². The van der Waals surface area contributed by atoms with Gasteiger partial charge in [-0.05, 0) is 43.0 Å². The summed E-state index contributed by atoms with van der Waals surface area (Å²) in [7, 11) is 0. The fourth-order valence-electron chi connectivity index (χ4n) is 5.99. The molecule has 0 spiro atoms. The van der Waals surface area contributed by atoms with Crippen molar-refractivity contribution in [2.24, 2.45) is 11.8 Å². The van der Waals surface area contributed by atoms with Crippen LogP contribution in [0.25, 0.3) is 0 Å². The second-order valence-electron chi connectivity index (χ2n) is 10.1. The molecule has 5 rings (SSSR count). The Morgan fingerprint density at radius 2 is 1.97 bits per heavy atom. The molecule has 3 atom stereocenters. The van der Waals surface area contributed by atoms with Crippen LogP contribution in [0.2, 0.25) is 0 Å². The standard InChI is InChI=1S/C28H35FN2O4/c1-19(32)31-11-3-2-4-26(31)25-18-35-27-14-22(33)7-10-24(27)28(25)21-5-8-23(9-6-21)34-13-12-30-16-20(15-29)17-30/h5-10,14,20,25-26,28,33H,2-4,11-13,15-18H2,1H3. The largest absolute Gasteiger partial charge is 0.508 e. The van der Waals surface area contributed by atoms with Gasteiger partial charge in [0.25, 0.3) is 0 Å². The molecule has 2 aromatic carbocycles. The van der Waals surface area contributed by atoms with Crippen LogP contribution in [0.4, 0.5) is 4.39 Å². The fraction of sp³-hybridized carbons (Fsp3) is 0.536. The van der Waals surface area contributed by atoms with E-state index in [9.17, 15) is 14.3 Å². The highest BCUT2D eigenvalue weighted by Gasteiger charge is 2.41. The Hall–Kier alpha value is -2.80. The quantitative estimate of drug-likeness (QED) is 0.641. The number of carbonyl (C=O) groups is 1. The predicted molar refractivity (Wildman–Crippen MR) is 132 cm³/mol. The van der Waals surface area contributed by atoms with Gasteiger partial charge in [-0.25, -0.2) is 0 Å². The molecule has 35 heavy (non-hydrogen) atoms. The van der Waals surface area contributed by atoms with Crippen LogP contribution in [0.5, 0.6) is 17.2 Å². The second kappa shape index (κ2) is 10.4. The van der Waals surface area contributed by atoms with Crippen LogP contribution in [0, 0.1) is 11.8 Å². The summed E-state index contributed by atoms with van der Waals surface area (Å²) in [6, 6.07) is 13.7. The maximum atomic E-state index is 12.6. The molecule has 0 aromatic heterocycles. The molecule has 0 radical (unpaired) electrons. The zero-order valence-electron chi connectivity index (χ0n) is 20.4. The van der Waals surface area contributed by atoms with Gasteiger partial charge >= 0.3 is 0 Å². The number of aromatic hydroxyl groups is 1. The van der Waals surface area contributed by atoms with Gasteiger partial charge in [-0.1, -0.05) is 18.2 Å². The molecule has 3 aliphatic rings. The second-order valence-corrected chi connectivity index (χ2v) is 10.1. The average molecular weight is 483 g/mol. The van der Waals surface area contributed by atoms with Crippen molar-refractivity contribution in [3.05, 3.63) is 53.6 Å². The molecule has 7 heteroatoms. The molecule has 1 amide bonds. The van der Waals surface area contributed by atoms with Crippen molar-refractivity contribution in [3.8, 4) is 17.2 Å². The van der Waals surface area contributed by atoms with Gasteiger partial charge in [0.1, 0.15) is 23.9 Å². The summed E-state index contributed by atoms with van der Waals surface area (Å²) in [5.41, 5.74) is 2.20. The summed E-state index contributed by atoms with van der Waals surface area (Å²) in [6.45, 7) is 5.74. The zero-order valence-corrected chi connectivity index (χ0v) is 20.4. The Labute approximate surface area is 206 Å². The van der Waals surface area contributed by atoms with E-state index in [-0.39, 0.29) is 42.1 Å². The number of phenols is 1. The number of hydrogen-bond donors (Lipinski definition) is 1. The predicted octanol–water partition coefficient (Wildman–Crippen LogP) is 4.21. The van der Waals surface area contributed by atoms with E-state index in [0.29, 0.717) is 19.0 Å². The molecular formula is C28H35FN2O4. The molecule has 3 heterocycles. The van der Waals surface area contributed by atoms with E-state index in [1.165, 1.54) is 0 Å². The molecule has 1 N–H and O–H groups in total. The molecule has 0 bridgehead atoms. The Morgan fingerprint density at radius 1 is 1.17 bits per heavy atom. The van der Waals surface area contributed by atoms with E-state index in [1.807, 2.05) is 23.1 Å². The van der Waals surface area contributed by atoms with Crippen LogP contribution < -0.4 is 9.47 Å². The Kier molecular flexibility index (Phi) is 7.14. The third-order valence-corrected chi connectivity index (χ3v) is 7.81. The van der Waals surface area contributed by atoms with Crippen molar-refractivity contribution in [1.82, 2.24) is 9.80 Å². The number of phenolic OH excluding ortho intramolecular Hbond substituents is 1. The van der Waals surface area contributed by atoms with Gasteiger partial charge in [0.05, 0.1) is 13.3 Å². The molecule has 3 unspecified atom stereocenters. The first-order valence-electron chi connectivity index (χ1n) is 12.8. The summed E-state index contributed by atoms with van der Waals surface area (Å²) >= 11 is 0. The average Bonchev–Trinajstić information content (AvgIpc) is 2.85. The van der Waals surface area contributed by atoms with Crippen LogP contribution in [-0.4, -0.2) is 72.9 Å². The van der Waals surface area contributed by atoms with Crippen molar-refractivity contribution in [2.75, 3.05) is 46.1 Å². The van der Waals surface area contributed by atoms with Crippen molar-refractivity contribution >= 4 is 5.91 Å². The molecule has 0 aliphatic carbocycles. The first-order valence-corrected chi connectivity index (χ1v) is 12.8. The minimum Gasteiger partial charge on any atom is -0.508 e. The third-order valence-electron chi connectivity index (χ3n) is 7.81. The van der Waals surface area contributed by atoms with E-state index in [2.05, 4.69) is 17.0 Å². The van der Waals surface area contributed by atoms with Crippen molar-refractivity contribution in [2.45, 2.75) is 38.1 Å². The van der Waals surface area contributed by atoms with Gasteiger partial charge in [0.15, 0.2) is 0 Å². The lowest BCUT2D eigenvalue weighted by Crippen LogP contribution is -2.50. The summed E-state index contributed by atoms with van der Waals surface area (Å²) in [5.74, 6) is 2.19. The molecule has 0 saturated carbocycles. The van der Waals surface area contributed by atoms with Crippen molar-refractivity contribution < 1.29 is 23.8 Å². The smallest absolute Gasteiger partial charge is 0.219 e. The van der Waals surface area contributed by atoms with E-state index in [0.717, 1.165) is 62.3 Å². The summed E-state index contributed by atoms with van der Waals surface area (Å²) in [6.07, 6.45) is 3.12. The zero-order chi connectivity index (χ0) is 24.4. The SMILES string of the molecule is CC(=O)N1CCCCC1C1COc2cc(O)ccc2C1c1ccc(OCCN2CC(CF)C2)cc1. The summed E-state index contributed by atoms with van der Waals surface area (Å²) in [4.78, 5) is 16.7. The highest BCUT2D eigenvalue weighted by molar-refractivity contribution is 5.73. The first kappa shape index (κ1) is 23.9. The first-order chi connectivity index (χ1) is 17.0. The van der Waals surface area contributed by atoms with Crippen LogP contribution in [-0.2, 0) is 4.79 Å². The topological polar surface area (TPSA) is 62.2 Å². The molecule has 3 aliphatic heterocycles. The van der Waals surface area contributed by atoms with E-state index in [1.54, 1.807) is 19.1 Å².